The lowest BCUT2D eigenvalue weighted by atomic mass is 9.98. The topological polar surface area (TPSA) is 18.5 Å². The minimum atomic E-state index is -0.0860. The average molecular weight is 420 g/mol. The molecular weight excluding hydrogens is 388 g/mol. The molecule has 0 saturated heterocycles. The fourth-order valence-electron chi connectivity index (χ4n) is 3.94. The Hall–Kier alpha value is -2.07. The van der Waals surface area contributed by atoms with Crippen LogP contribution in [0, 0.1) is 0 Å². The third kappa shape index (κ3) is 5.98. The minimum Gasteiger partial charge on any atom is -0.355 e. The van der Waals surface area contributed by atoms with Gasteiger partial charge in [0.25, 0.3) is 0 Å². The van der Waals surface area contributed by atoms with E-state index in [1.54, 1.807) is 0 Å². The molecule has 0 aromatic heterocycles. The van der Waals surface area contributed by atoms with Crippen LogP contribution in [-0.2, 0) is 26.8 Å². The van der Waals surface area contributed by atoms with E-state index in [1.165, 1.54) is 52.4 Å². The summed E-state index contributed by atoms with van der Waals surface area (Å²) in [5, 5.41) is 0. The van der Waals surface area contributed by atoms with Crippen molar-refractivity contribution >= 4 is 10.9 Å². The number of hydrogen-bond donors (Lipinski definition) is 0. The Morgan fingerprint density at radius 2 is 1.23 bits per heavy atom. The van der Waals surface area contributed by atoms with Crippen LogP contribution in [0.15, 0.2) is 99.6 Å². The molecule has 3 heteroatoms. The predicted molar refractivity (Wildman–Crippen MR) is 124 cm³/mol. The second kappa shape index (κ2) is 11.4. The van der Waals surface area contributed by atoms with Gasteiger partial charge in [0, 0.05) is 0 Å². The first-order valence-electron chi connectivity index (χ1n) is 11.0. The normalized spacial score (nSPS) is 14.8. The van der Waals surface area contributed by atoms with Crippen LogP contribution in [0.1, 0.15) is 37.7 Å². The van der Waals surface area contributed by atoms with Crippen molar-refractivity contribution < 1.29 is 9.47 Å². The van der Waals surface area contributed by atoms with Gasteiger partial charge in [-0.05, 0) is 61.2 Å². The van der Waals surface area contributed by atoms with Gasteiger partial charge in [-0.1, -0.05) is 67.8 Å². The highest BCUT2D eigenvalue weighted by molar-refractivity contribution is 7.97. The van der Waals surface area contributed by atoms with Crippen molar-refractivity contribution in [2.75, 3.05) is 13.4 Å². The standard InChI is InChI=1S/C27H31O2S/c1-4-10-24(11-5-1)29-22-28-21-20-23-16-18-27(19-17-23)30(25-12-6-2-7-13-25)26-14-8-3-9-15-26/h2-3,6-9,12-19,24H,1,4-5,10-11,20-22H2/q+1. The highest BCUT2D eigenvalue weighted by Gasteiger charge is 2.27. The maximum atomic E-state index is 5.85. The molecule has 0 N–H and O–H groups in total. The maximum absolute atomic E-state index is 5.85. The van der Waals surface area contributed by atoms with Crippen molar-refractivity contribution in [2.24, 2.45) is 0 Å². The first-order valence-corrected chi connectivity index (χ1v) is 12.3. The Labute approximate surface area is 183 Å². The van der Waals surface area contributed by atoms with E-state index in [1.807, 2.05) is 0 Å². The summed E-state index contributed by atoms with van der Waals surface area (Å²) in [6.07, 6.45) is 7.65. The van der Waals surface area contributed by atoms with Crippen LogP contribution in [0.5, 0.6) is 0 Å². The Morgan fingerprint density at radius 1 is 0.667 bits per heavy atom. The third-order valence-corrected chi connectivity index (χ3v) is 7.82. The van der Waals surface area contributed by atoms with Crippen molar-refractivity contribution in [3.63, 3.8) is 0 Å². The molecular formula is C27H31O2S+. The van der Waals surface area contributed by atoms with E-state index < -0.39 is 0 Å². The summed E-state index contributed by atoms with van der Waals surface area (Å²) in [7, 11) is -0.0860. The van der Waals surface area contributed by atoms with Gasteiger partial charge in [-0.2, -0.15) is 0 Å². The van der Waals surface area contributed by atoms with E-state index >= 15 is 0 Å². The Balaban J connectivity index is 1.34. The SMILES string of the molecule is c1ccc([S+](c2ccccc2)c2ccc(CCOCOC3CCCCC3)cc2)cc1. The third-order valence-electron chi connectivity index (χ3n) is 5.59. The summed E-state index contributed by atoms with van der Waals surface area (Å²) >= 11 is 0. The molecule has 1 aliphatic carbocycles. The molecule has 0 atom stereocenters. The van der Waals surface area contributed by atoms with Crippen molar-refractivity contribution in [1.29, 1.82) is 0 Å². The van der Waals surface area contributed by atoms with Crippen LogP contribution in [0.25, 0.3) is 0 Å². The average Bonchev–Trinajstić information content (AvgIpc) is 2.82. The molecule has 4 rings (SSSR count). The summed E-state index contributed by atoms with van der Waals surface area (Å²) in [5.74, 6) is 0. The Kier molecular flexibility index (Phi) is 8.02. The summed E-state index contributed by atoms with van der Waals surface area (Å²) in [6.45, 7) is 1.13. The second-order valence-corrected chi connectivity index (χ2v) is 9.81. The molecule has 2 nitrogen and oxygen atoms in total. The number of ether oxygens (including phenoxy) is 2. The zero-order chi connectivity index (χ0) is 20.4. The van der Waals surface area contributed by atoms with Crippen molar-refractivity contribution in [3.8, 4) is 0 Å². The summed E-state index contributed by atoms with van der Waals surface area (Å²) < 4.78 is 11.6. The molecule has 3 aromatic rings. The molecule has 0 heterocycles. The molecule has 0 unspecified atom stereocenters. The Morgan fingerprint density at radius 3 is 1.83 bits per heavy atom. The molecule has 1 saturated carbocycles. The predicted octanol–water partition coefficient (Wildman–Crippen LogP) is 6.65. The minimum absolute atomic E-state index is 0.0860. The highest BCUT2D eigenvalue weighted by Crippen LogP contribution is 2.31. The molecule has 1 aliphatic rings. The van der Waals surface area contributed by atoms with E-state index in [4.69, 9.17) is 9.47 Å². The largest absolute Gasteiger partial charge is 0.355 e. The fraction of sp³-hybridized carbons (Fsp3) is 0.333. The van der Waals surface area contributed by atoms with Crippen LogP contribution in [-0.4, -0.2) is 19.5 Å². The Bertz CT molecular complexity index is 819. The van der Waals surface area contributed by atoms with Gasteiger partial charge in [0.1, 0.15) is 6.79 Å². The fourth-order valence-corrected chi connectivity index (χ4v) is 6.02. The molecule has 156 valence electrons. The molecule has 30 heavy (non-hydrogen) atoms. The van der Waals surface area contributed by atoms with E-state index in [0.717, 1.165) is 6.42 Å². The van der Waals surface area contributed by atoms with Crippen molar-refractivity contribution in [2.45, 2.75) is 59.3 Å². The maximum Gasteiger partial charge on any atom is 0.166 e. The van der Waals surface area contributed by atoms with Gasteiger partial charge >= 0.3 is 0 Å². The second-order valence-electron chi connectivity index (χ2n) is 7.78. The quantitative estimate of drug-likeness (QED) is 0.220. The van der Waals surface area contributed by atoms with Gasteiger partial charge < -0.3 is 9.47 Å². The van der Waals surface area contributed by atoms with Crippen molar-refractivity contribution in [1.82, 2.24) is 0 Å². The molecule has 0 amide bonds. The van der Waals surface area contributed by atoms with E-state index in [-0.39, 0.29) is 10.9 Å². The van der Waals surface area contributed by atoms with E-state index in [0.29, 0.717) is 19.5 Å². The van der Waals surface area contributed by atoms with E-state index in [9.17, 15) is 0 Å². The number of hydrogen-bond acceptors (Lipinski definition) is 2. The molecule has 0 bridgehead atoms. The number of rotatable bonds is 9. The van der Waals surface area contributed by atoms with Gasteiger partial charge in [0.15, 0.2) is 14.7 Å². The van der Waals surface area contributed by atoms with Crippen LogP contribution < -0.4 is 0 Å². The highest BCUT2D eigenvalue weighted by atomic mass is 32.2. The lowest BCUT2D eigenvalue weighted by Crippen LogP contribution is -2.18. The van der Waals surface area contributed by atoms with Crippen LogP contribution in [0.2, 0.25) is 0 Å². The monoisotopic (exact) mass is 419 g/mol. The smallest absolute Gasteiger partial charge is 0.166 e. The van der Waals surface area contributed by atoms with Gasteiger partial charge in [-0.25, -0.2) is 0 Å². The molecule has 0 radical (unpaired) electrons. The van der Waals surface area contributed by atoms with Gasteiger partial charge in [0.2, 0.25) is 0 Å². The molecule has 0 spiro atoms. The van der Waals surface area contributed by atoms with Crippen LogP contribution in [0.3, 0.4) is 0 Å². The first kappa shape index (κ1) is 21.2. The summed E-state index contributed by atoms with van der Waals surface area (Å²) in [6, 6.07) is 30.6. The van der Waals surface area contributed by atoms with Crippen molar-refractivity contribution in [3.05, 3.63) is 90.5 Å². The van der Waals surface area contributed by atoms with Gasteiger partial charge in [0.05, 0.1) is 23.6 Å². The molecule has 3 aromatic carbocycles. The summed E-state index contributed by atoms with van der Waals surface area (Å²) in [4.78, 5) is 4.04. The first-order chi connectivity index (χ1) is 14.9. The van der Waals surface area contributed by atoms with E-state index in [2.05, 4.69) is 84.9 Å². The lowest BCUT2D eigenvalue weighted by molar-refractivity contribution is -0.0975. The van der Waals surface area contributed by atoms with Crippen LogP contribution >= 0.6 is 0 Å². The number of benzene rings is 3. The molecule has 0 aliphatic heterocycles. The molecule has 1 fully saturated rings. The zero-order valence-electron chi connectivity index (χ0n) is 17.5. The van der Waals surface area contributed by atoms with Gasteiger partial charge in [-0.3, -0.25) is 0 Å². The van der Waals surface area contributed by atoms with Crippen LogP contribution in [0.4, 0.5) is 0 Å². The lowest BCUT2D eigenvalue weighted by Gasteiger charge is -2.21. The summed E-state index contributed by atoms with van der Waals surface area (Å²) in [5.41, 5.74) is 1.31. The zero-order valence-corrected chi connectivity index (χ0v) is 18.4. The van der Waals surface area contributed by atoms with Gasteiger partial charge in [-0.15, -0.1) is 0 Å².